The van der Waals surface area contributed by atoms with Crippen LogP contribution in [0.5, 0.6) is 5.75 Å². The Kier molecular flexibility index (Phi) is 7.30. The molecule has 2 aromatic carbocycles. The van der Waals surface area contributed by atoms with Crippen molar-refractivity contribution in [3.05, 3.63) is 65.7 Å². The lowest BCUT2D eigenvalue weighted by atomic mass is 9.80. The van der Waals surface area contributed by atoms with Crippen LogP contribution in [-0.2, 0) is 27.4 Å². The molecule has 2 fully saturated rings. The number of benzene rings is 2. The van der Waals surface area contributed by atoms with E-state index in [9.17, 15) is 9.59 Å². The zero-order valence-electron chi connectivity index (χ0n) is 19.1. The topological polar surface area (TPSA) is 79.3 Å². The van der Waals surface area contributed by atoms with E-state index in [1.165, 1.54) is 0 Å². The number of hydrogen-bond donors (Lipinski definition) is 1. The van der Waals surface area contributed by atoms with Crippen LogP contribution in [0, 0.1) is 5.92 Å². The summed E-state index contributed by atoms with van der Waals surface area (Å²) in [6.45, 7) is 5.73. The molecule has 33 heavy (non-hydrogen) atoms. The van der Waals surface area contributed by atoms with Crippen molar-refractivity contribution in [2.75, 3.05) is 32.8 Å². The molecule has 4 rings (SSSR count). The van der Waals surface area contributed by atoms with Gasteiger partial charge in [-0.3, -0.25) is 9.69 Å². The lowest BCUT2D eigenvalue weighted by molar-refractivity contribution is -0.174. The van der Waals surface area contributed by atoms with Gasteiger partial charge in [0.15, 0.2) is 6.61 Å². The van der Waals surface area contributed by atoms with Crippen LogP contribution in [0.4, 0.5) is 0 Å². The second-order valence-corrected chi connectivity index (χ2v) is 9.18. The van der Waals surface area contributed by atoms with Crippen LogP contribution in [0.2, 0.25) is 0 Å². The number of piperidine rings is 1. The molecule has 176 valence electrons. The maximum atomic E-state index is 12.5. The van der Waals surface area contributed by atoms with E-state index in [1.807, 2.05) is 47.4 Å². The number of para-hydroxylation sites is 1. The van der Waals surface area contributed by atoms with Gasteiger partial charge >= 0.3 is 5.97 Å². The number of aliphatic carboxylic acids is 1. The number of ether oxygens (including phenoxy) is 2. The lowest BCUT2D eigenvalue weighted by Crippen LogP contribution is -2.57. The molecule has 2 aromatic rings. The van der Waals surface area contributed by atoms with Crippen LogP contribution in [0.3, 0.4) is 0 Å². The molecular weight excluding hydrogens is 420 g/mol. The highest BCUT2D eigenvalue weighted by Crippen LogP contribution is 2.35. The van der Waals surface area contributed by atoms with Crippen LogP contribution in [0.15, 0.2) is 54.6 Å². The molecule has 0 saturated carbocycles. The van der Waals surface area contributed by atoms with Crippen LogP contribution >= 0.6 is 0 Å². The van der Waals surface area contributed by atoms with Crippen LogP contribution in [0.25, 0.3) is 0 Å². The number of likely N-dealkylation sites (tertiary alicyclic amines) is 1. The number of morpholine rings is 1. The van der Waals surface area contributed by atoms with Gasteiger partial charge in [-0.15, -0.1) is 0 Å². The monoisotopic (exact) mass is 452 g/mol. The van der Waals surface area contributed by atoms with Crippen LogP contribution in [-0.4, -0.2) is 65.2 Å². The van der Waals surface area contributed by atoms with Gasteiger partial charge in [0.2, 0.25) is 5.91 Å². The Morgan fingerprint density at radius 3 is 2.52 bits per heavy atom. The minimum Gasteiger partial charge on any atom is -0.482 e. The van der Waals surface area contributed by atoms with E-state index in [4.69, 9.17) is 14.6 Å². The summed E-state index contributed by atoms with van der Waals surface area (Å²) < 4.78 is 11.6. The molecule has 2 saturated heterocycles. The molecule has 2 aliphatic rings. The largest absolute Gasteiger partial charge is 0.482 e. The maximum absolute atomic E-state index is 12.5. The van der Waals surface area contributed by atoms with E-state index >= 15 is 0 Å². The zero-order valence-corrected chi connectivity index (χ0v) is 19.1. The summed E-state index contributed by atoms with van der Waals surface area (Å²) in [6, 6.07) is 17.7. The van der Waals surface area contributed by atoms with Gasteiger partial charge in [0, 0.05) is 18.7 Å². The van der Waals surface area contributed by atoms with Crippen molar-refractivity contribution in [2.45, 2.75) is 38.5 Å². The standard InChI is InChI=1S/C26H32N2O5/c1-26(19-28(24(29)17-33-26)15-20-7-3-2-4-8-20)22-11-13-27(14-12-22)16-21-9-5-6-10-23(21)32-18-25(30)31/h2-10,22H,11-19H2,1H3,(H,30,31)/t26-/m1/s1. The van der Waals surface area contributed by atoms with Gasteiger partial charge < -0.3 is 19.5 Å². The van der Waals surface area contributed by atoms with Crippen molar-refractivity contribution in [3.8, 4) is 5.75 Å². The van der Waals surface area contributed by atoms with Crippen molar-refractivity contribution in [3.63, 3.8) is 0 Å². The predicted molar refractivity (Wildman–Crippen MR) is 124 cm³/mol. The van der Waals surface area contributed by atoms with Crippen molar-refractivity contribution in [1.82, 2.24) is 9.80 Å². The molecule has 0 aliphatic carbocycles. The summed E-state index contributed by atoms with van der Waals surface area (Å²) in [5.74, 6) is 0.0659. The molecule has 2 aliphatic heterocycles. The van der Waals surface area contributed by atoms with Gasteiger partial charge in [0.05, 0.1) is 12.1 Å². The van der Waals surface area contributed by atoms with Crippen molar-refractivity contribution in [1.29, 1.82) is 0 Å². The number of carbonyl (C=O) groups is 2. The number of carboxylic acid groups (broad SMARTS) is 1. The summed E-state index contributed by atoms with van der Waals surface area (Å²) in [4.78, 5) is 27.7. The van der Waals surface area contributed by atoms with E-state index < -0.39 is 5.97 Å². The maximum Gasteiger partial charge on any atom is 0.341 e. The van der Waals surface area contributed by atoms with Crippen LogP contribution < -0.4 is 4.74 Å². The molecule has 0 aromatic heterocycles. The molecule has 1 amide bonds. The van der Waals surface area contributed by atoms with Gasteiger partial charge in [-0.2, -0.15) is 0 Å². The summed E-state index contributed by atoms with van der Waals surface area (Å²) in [6.07, 6.45) is 1.98. The van der Waals surface area contributed by atoms with Gasteiger partial charge in [-0.05, 0) is 50.4 Å². The minimum absolute atomic E-state index is 0.0479. The summed E-state index contributed by atoms with van der Waals surface area (Å²) >= 11 is 0. The lowest BCUT2D eigenvalue weighted by Gasteiger charge is -2.47. The fraction of sp³-hybridized carbons (Fsp3) is 0.462. The molecule has 1 atom stereocenters. The molecule has 7 heteroatoms. The summed E-state index contributed by atoms with van der Waals surface area (Å²) in [5, 5.41) is 8.91. The van der Waals surface area contributed by atoms with E-state index in [0.29, 0.717) is 24.8 Å². The Labute approximate surface area is 194 Å². The molecule has 2 heterocycles. The third-order valence-electron chi connectivity index (χ3n) is 6.77. The van der Waals surface area contributed by atoms with Crippen LogP contribution in [0.1, 0.15) is 30.9 Å². The molecular formula is C26H32N2O5. The number of carboxylic acids is 1. The van der Waals surface area contributed by atoms with Crippen molar-refractivity contribution >= 4 is 11.9 Å². The van der Waals surface area contributed by atoms with E-state index in [1.54, 1.807) is 0 Å². The number of amides is 1. The predicted octanol–water partition coefficient (Wildman–Crippen LogP) is 3.18. The minimum atomic E-state index is -0.980. The smallest absolute Gasteiger partial charge is 0.341 e. The number of rotatable bonds is 8. The number of nitrogens with zero attached hydrogens (tertiary/aromatic N) is 2. The highest BCUT2D eigenvalue weighted by atomic mass is 16.5. The Balaban J connectivity index is 1.34. The van der Waals surface area contributed by atoms with E-state index in [0.717, 1.165) is 43.6 Å². The fourth-order valence-corrected chi connectivity index (χ4v) is 4.88. The molecule has 7 nitrogen and oxygen atoms in total. The first-order chi connectivity index (χ1) is 15.9. The van der Waals surface area contributed by atoms with Gasteiger partial charge in [-0.1, -0.05) is 48.5 Å². The third kappa shape index (κ3) is 5.92. The van der Waals surface area contributed by atoms with Crippen molar-refractivity contribution in [2.24, 2.45) is 5.92 Å². The average molecular weight is 453 g/mol. The van der Waals surface area contributed by atoms with Gasteiger partial charge in [0.1, 0.15) is 12.4 Å². The Hall–Kier alpha value is -2.90. The molecule has 0 bridgehead atoms. The Morgan fingerprint density at radius 1 is 1.09 bits per heavy atom. The molecule has 0 radical (unpaired) electrons. The highest BCUT2D eigenvalue weighted by Gasteiger charge is 2.43. The number of carbonyl (C=O) groups excluding carboxylic acids is 1. The normalized spacial score (nSPS) is 22.3. The fourth-order valence-electron chi connectivity index (χ4n) is 4.88. The van der Waals surface area contributed by atoms with E-state index in [-0.39, 0.29) is 24.7 Å². The SMILES string of the molecule is C[C@]1(C2CCN(Cc3ccccc3OCC(=O)O)CC2)CN(Cc2ccccc2)C(=O)CO1. The first-order valence-electron chi connectivity index (χ1n) is 11.5. The first-order valence-corrected chi connectivity index (χ1v) is 11.5. The molecule has 0 unspecified atom stereocenters. The van der Waals surface area contributed by atoms with Gasteiger partial charge in [-0.25, -0.2) is 4.79 Å². The Morgan fingerprint density at radius 2 is 1.79 bits per heavy atom. The second kappa shape index (κ2) is 10.4. The summed E-state index contributed by atoms with van der Waals surface area (Å²) in [7, 11) is 0. The first kappa shape index (κ1) is 23.3. The summed E-state index contributed by atoms with van der Waals surface area (Å²) in [5.41, 5.74) is 1.78. The molecule has 1 N–H and O–H groups in total. The Bertz CT molecular complexity index is 958. The quantitative estimate of drug-likeness (QED) is 0.663. The number of hydrogen-bond acceptors (Lipinski definition) is 5. The van der Waals surface area contributed by atoms with Gasteiger partial charge in [0.25, 0.3) is 0 Å². The highest BCUT2D eigenvalue weighted by molar-refractivity contribution is 5.78. The zero-order chi connectivity index (χ0) is 23.3. The third-order valence-corrected chi connectivity index (χ3v) is 6.77. The van der Waals surface area contributed by atoms with Crippen molar-refractivity contribution < 1.29 is 24.2 Å². The van der Waals surface area contributed by atoms with E-state index in [2.05, 4.69) is 24.0 Å². The second-order valence-electron chi connectivity index (χ2n) is 9.18. The average Bonchev–Trinajstić information content (AvgIpc) is 2.82. The molecule has 0 spiro atoms.